The molecule has 148 valence electrons. The molecule has 0 aromatic heterocycles. The zero-order valence-electron chi connectivity index (χ0n) is 14.9. The van der Waals surface area contributed by atoms with Gasteiger partial charge in [-0.25, -0.2) is 0 Å². The molecule has 0 N–H and O–H groups in total. The van der Waals surface area contributed by atoms with Crippen molar-refractivity contribution >= 4 is 11.6 Å². The standard InChI is InChI=1S/C19H18F3N3O3/c20-19(21,22)16-7-3-2-6-15(16)18(26)24-11-9-23(10-12-24)13-14-5-1-4-8-17(14)25(27)28/h1-8H,9-13H2. The fourth-order valence-corrected chi connectivity index (χ4v) is 3.26. The van der Waals surface area contributed by atoms with Crippen LogP contribution < -0.4 is 0 Å². The molecule has 6 nitrogen and oxygen atoms in total. The molecule has 28 heavy (non-hydrogen) atoms. The van der Waals surface area contributed by atoms with Gasteiger partial charge in [-0.05, 0) is 12.1 Å². The van der Waals surface area contributed by atoms with Gasteiger partial charge in [-0.15, -0.1) is 0 Å². The summed E-state index contributed by atoms with van der Waals surface area (Å²) in [5.74, 6) is -0.654. The third-order valence-electron chi connectivity index (χ3n) is 4.70. The number of benzene rings is 2. The van der Waals surface area contributed by atoms with Crippen molar-refractivity contribution in [3.63, 3.8) is 0 Å². The molecular weight excluding hydrogens is 375 g/mol. The van der Waals surface area contributed by atoms with E-state index >= 15 is 0 Å². The van der Waals surface area contributed by atoms with Crippen LogP contribution in [0.25, 0.3) is 0 Å². The summed E-state index contributed by atoms with van der Waals surface area (Å²) in [5, 5.41) is 11.1. The Morgan fingerprint density at radius 1 is 1.00 bits per heavy atom. The number of hydrogen-bond donors (Lipinski definition) is 0. The van der Waals surface area contributed by atoms with Gasteiger partial charge in [-0.1, -0.05) is 30.3 Å². The van der Waals surface area contributed by atoms with Gasteiger partial charge in [-0.2, -0.15) is 13.2 Å². The molecule has 2 aromatic rings. The largest absolute Gasteiger partial charge is 0.417 e. The van der Waals surface area contributed by atoms with Gasteiger partial charge in [0.1, 0.15) is 0 Å². The first-order valence-corrected chi connectivity index (χ1v) is 8.67. The molecule has 0 unspecified atom stereocenters. The number of para-hydroxylation sites is 1. The minimum Gasteiger partial charge on any atom is -0.336 e. The normalized spacial score (nSPS) is 15.5. The van der Waals surface area contributed by atoms with E-state index in [1.807, 2.05) is 4.90 Å². The topological polar surface area (TPSA) is 66.7 Å². The average molecular weight is 393 g/mol. The number of alkyl halides is 3. The van der Waals surface area contributed by atoms with E-state index in [9.17, 15) is 28.1 Å². The van der Waals surface area contributed by atoms with Crippen molar-refractivity contribution < 1.29 is 22.9 Å². The average Bonchev–Trinajstić information content (AvgIpc) is 2.67. The summed E-state index contributed by atoms with van der Waals surface area (Å²) in [6, 6.07) is 11.2. The third-order valence-corrected chi connectivity index (χ3v) is 4.70. The molecule has 1 fully saturated rings. The lowest BCUT2D eigenvalue weighted by atomic mass is 10.1. The van der Waals surface area contributed by atoms with Gasteiger partial charge in [0.25, 0.3) is 11.6 Å². The van der Waals surface area contributed by atoms with Crippen molar-refractivity contribution in [1.82, 2.24) is 9.80 Å². The molecule has 1 amide bonds. The van der Waals surface area contributed by atoms with Crippen LogP contribution in [0.15, 0.2) is 48.5 Å². The number of amides is 1. The van der Waals surface area contributed by atoms with Crippen LogP contribution in [0.1, 0.15) is 21.5 Å². The van der Waals surface area contributed by atoms with Crippen LogP contribution in [0, 0.1) is 10.1 Å². The lowest BCUT2D eigenvalue weighted by Gasteiger charge is -2.35. The first-order chi connectivity index (χ1) is 13.3. The van der Waals surface area contributed by atoms with Crippen molar-refractivity contribution in [3.8, 4) is 0 Å². The molecule has 1 heterocycles. The Balaban J connectivity index is 1.67. The molecule has 1 aliphatic heterocycles. The Kier molecular flexibility index (Phi) is 5.64. The number of carbonyl (C=O) groups excluding carboxylic acids is 1. The van der Waals surface area contributed by atoms with Crippen LogP contribution >= 0.6 is 0 Å². The number of rotatable bonds is 4. The Bertz CT molecular complexity index is 878. The lowest BCUT2D eigenvalue weighted by molar-refractivity contribution is -0.385. The van der Waals surface area contributed by atoms with E-state index in [0.717, 1.165) is 6.07 Å². The van der Waals surface area contributed by atoms with E-state index in [2.05, 4.69) is 0 Å². The van der Waals surface area contributed by atoms with E-state index in [0.29, 0.717) is 25.2 Å². The van der Waals surface area contributed by atoms with Gasteiger partial charge in [0, 0.05) is 44.4 Å². The van der Waals surface area contributed by atoms with Crippen LogP contribution in [0.5, 0.6) is 0 Å². The lowest BCUT2D eigenvalue weighted by Crippen LogP contribution is -2.48. The van der Waals surface area contributed by atoms with E-state index in [4.69, 9.17) is 0 Å². The fraction of sp³-hybridized carbons (Fsp3) is 0.316. The monoisotopic (exact) mass is 393 g/mol. The second kappa shape index (κ2) is 7.97. The Morgan fingerprint density at radius 3 is 2.25 bits per heavy atom. The number of hydrogen-bond acceptors (Lipinski definition) is 4. The maximum Gasteiger partial charge on any atom is 0.417 e. The minimum atomic E-state index is -4.60. The SMILES string of the molecule is O=C(c1ccccc1C(F)(F)F)N1CCN(Cc2ccccc2[N+](=O)[O-])CC1. The number of nitro benzene ring substituents is 1. The smallest absolute Gasteiger partial charge is 0.336 e. The summed E-state index contributed by atoms with van der Waals surface area (Å²) in [6.07, 6.45) is -4.60. The zero-order chi connectivity index (χ0) is 20.3. The summed E-state index contributed by atoms with van der Waals surface area (Å²) >= 11 is 0. The van der Waals surface area contributed by atoms with Gasteiger partial charge >= 0.3 is 6.18 Å². The quantitative estimate of drug-likeness (QED) is 0.588. The van der Waals surface area contributed by atoms with Gasteiger partial charge in [0.2, 0.25) is 0 Å². The Labute approximate surface area is 159 Å². The molecule has 3 rings (SSSR count). The fourth-order valence-electron chi connectivity index (χ4n) is 3.26. The summed E-state index contributed by atoms with van der Waals surface area (Å²) in [5.41, 5.74) is -0.709. The van der Waals surface area contributed by atoms with Gasteiger partial charge < -0.3 is 4.90 Å². The number of halogens is 3. The Morgan fingerprint density at radius 2 is 1.61 bits per heavy atom. The van der Waals surface area contributed by atoms with E-state index in [1.165, 1.54) is 29.2 Å². The highest BCUT2D eigenvalue weighted by atomic mass is 19.4. The molecule has 9 heteroatoms. The second-order valence-electron chi connectivity index (χ2n) is 6.50. The molecule has 1 aliphatic rings. The highest BCUT2D eigenvalue weighted by Gasteiger charge is 2.36. The summed E-state index contributed by atoms with van der Waals surface area (Å²) < 4.78 is 39.4. The van der Waals surface area contributed by atoms with Crippen molar-refractivity contribution in [1.29, 1.82) is 0 Å². The van der Waals surface area contributed by atoms with Crippen molar-refractivity contribution in [2.24, 2.45) is 0 Å². The van der Waals surface area contributed by atoms with E-state index < -0.39 is 22.6 Å². The van der Waals surface area contributed by atoms with Gasteiger partial charge in [0.05, 0.1) is 16.1 Å². The second-order valence-corrected chi connectivity index (χ2v) is 6.50. The molecule has 0 radical (unpaired) electrons. The number of nitro groups is 1. The van der Waals surface area contributed by atoms with Crippen molar-refractivity contribution in [2.45, 2.75) is 12.7 Å². The van der Waals surface area contributed by atoms with Crippen LogP contribution in [0.4, 0.5) is 18.9 Å². The summed E-state index contributed by atoms with van der Waals surface area (Å²) in [4.78, 5) is 26.6. The van der Waals surface area contributed by atoms with Gasteiger partial charge in [0.15, 0.2) is 0 Å². The third kappa shape index (κ3) is 4.30. The Hall–Kier alpha value is -2.94. The van der Waals surface area contributed by atoms with E-state index in [-0.39, 0.29) is 24.3 Å². The maximum atomic E-state index is 13.1. The van der Waals surface area contributed by atoms with Crippen LogP contribution in [-0.2, 0) is 12.7 Å². The van der Waals surface area contributed by atoms with Gasteiger partial charge in [-0.3, -0.25) is 19.8 Å². The number of nitrogens with zero attached hydrogens (tertiary/aromatic N) is 3. The first kappa shape index (κ1) is 19.8. The molecule has 0 bridgehead atoms. The number of piperazine rings is 1. The zero-order valence-corrected chi connectivity index (χ0v) is 14.9. The predicted octanol–water partition coefficient (Wildman–Crippen LogP) is 3.57. The summed E-state index contributed by atoms with van der Waals surface area (Å²) in [6.45, 7) is 1.70. The maximum absolute atomic E-state index is 13.1. The highest BCUT2D eigenvalue weighted by molar-refractivity contribution is 5.96. The molecule has 0 saturated carbocycles. The van der Waals surface area contributed by atoms with Crippen molar-refractivity contribution in [3.05, 3.63) is 75.3 Å². The van der Waals surface area contributed by atoms with Crippen LogP contribution in [0.3, 0.4) is 0 Å². The molecule has 1 saturated heterocycles. The van der Waals surface area contributed by atoms with Crippen LogP contribution in [0.2, 0.25) is 0 Å². The number of carbonyl (C=O) groups is 1. The van der Waals surface area contributed by atoms with E-state index in [1.54, 1.807) is 18.2 Å². The van der Waals surface area contributed by atoms with Crippen molar-refractivity contribution in [2.75, 3.05) is 26.2 Å². The molecule has 0 spiro atoms. The highest BCUT2D eigenvalue weighted by Crippen LogP contribution is 2.32. The molecule has 0 aliphatic carbocycles. The molecule has 2 aromatic carbocycles. The molecule has 0 atom stereocenters. The minimum absolute atomic E-state index is 0.0279. The predicted molar refractivity (Wildman–Crippen MR) is 95.7 cm³/mol. The first-order valence-electron chi connectivity index (χ1n) is 8.67. The molecular formula is C19H18F3N3O3. The van der Waals surface area contributed by atoms with Crippen LogP contribution in [-0.4, -0.2) is 46.8 Å². The summed E-state index contributed by atoms with van der Waals surface area (Å²) in [7, 11) is 0.